The largest absolute Gasteiger partial charge is 0.329 e. The second kappa shape index (κ2) is 6.53. The van der Waals surface area contributed by atoms with Gasteiger partial charge in [-0.2, -0.15) is 5.10 Å². The zero-order chi connectivity index (χ0) is 13.8. The van der Waals surface area contributed by atoms with Gasteiger partial charge in [-0.15, -0.1) is 0 Å². The lowest BCUT2D eigenvalue weighted by molar-refractivity contribution is 0.105. The van der Waals surface area contributed by atoms with E-state index < -0.39 is 0 Å². The predicted octanol–water partition coefficient (Wildman–Crippen LogP) is 1.93. The molecule has 1 aromatic rings. The van der Waals surface area contributed by atoms with E-state index in [4.69, 9.17) is 5.73 Å². The molecule has 0 bridgehead atoms. The zero-order valence-electron chi connectivity index (χ0n) is 12.6. The Bertz CT molecular complexity index is 399. The van der Waals surface area contributed by atoms with Gasteiger partial charge in [-0.3, -0.25) is 9.58 Å². The first-order valence-corrected chi connectivity index (χ1v) is 7.63. The maximum absolute atomic E-state index is 5.97. The van der Waals surface area contributed by atoms with Gasteiger partial charge in [0, 0.05) is 26.2 Å². The monoisotopic (exact) mass is 264 g/mol. The first kappa shape index (κ1) is 14.5. The summed E-state index contributed by atoms with van der Waals surface area (Å²) in [6.07, 6.45) is 4.86. The van der Waals surface area contributed by atoms with Crippen molar-refractivity contribution < 1.29 is 0 Å². The first-order chi connectivity index (χ1) is 9.17. The molecule has 0 aliphatic carbocycles. The third-order valence-electron chi connectivity index (χ3n) is 4.55. The van der Waals surface area contributed by atoms with E-state index >= 15 is 0 Å². The van der Waals surface area contributed by atoms with Gasteiger partial charge in [0.05, 0.1) is 11.4 Å². The van der Waals surface area contributed by atoms with Crippen molar-refractivity contribution in [2.75, 3.05) is 13.1 Å². The molecule has 1 aliphatic heterocycles. The molecule has 2 unspecified atom stereocenters. The van der Waals surface area contributed by atoms with Crippen LogP contribution < -0.4 is 5.73 Å². The van der Waals surface area contributed by atoms with Crippen LogP contribution in [0.25, 0.3) is 0 Å². The first-order valence-electron chi connectivity index (χ1n) is 7.63. The van der Waals surface area contributed by atoms with Crippen molar-refractivity contribution in [2.24, 2.45) is 18.7 Å². The number of likely N-dealkylation sites (tertiary alicyclic amines) is 1. The van der Waals surface area contributed by atoms with Gasteiger partial charge in [0.1, 0.15) is 0 Å². The third-order valence-corrected chi connectivity index (χ3v) is 4.55. The third kappa shape index (κ3) is 3.37. The fourth-order valence-electron chi connectivity index (χ4n) is 3.11. The van der Waals surface area contributed by atoms with Gasteiger partial charge in [-0.25, -0.2) is 0 Å². The number of nitrogens with two attached hydrogens (primary N) is 1. The molecule has 108 valence electrons. The van der Waals surface area contributed by atoms with Crippen molar-refractivity contribution >= 4 is 0 Å². The average Bonchev–Trinajstić information content (AvgIpc) is 2.80. The summed E-state index contributed by atoms with van der Waals surface area (Å²) < 4.78 is 2.03. The highest BCUT2D eigenvalue weighted by atomic mass is 15.3. The summed E-state index contributed by atoms with van der Waals surface area (Å²) in [5.41, 5.74) is 8.47. The fourth-order valence-corrected chi connectivity index (χ4v) is 3.11. The lowest BCUT2D eigenvalue weighted by atomic mass is 9.89. The molecular weight excluding hydrogens is 236 g/mol. The zero-order valence-corrected chi connectivity index (χ0v) is 12.6. The molecular formula is C15H28N4. The predicted molar refractivity (Wildman–Crippen MR) is 78.9 cm³/mol. The summed E-state index contributed by atoms with van der Waals surface area (Å²) in [4.78, 5) is 2.54. The molecule has 0 amide bonds. The Balaban J connectivity index is 2.02. The van der Waals surface area contributed by atoms with Crippen LogP contribution in [-0.4, -0.2) is 33.8 Å². The molecule has 2 heterocycles. The van der Waals surface area contributed by atoms with E-state index in [1.807, 2.05) is 11.7 Å². The van der Waals surface area contributed by atoms with Gasteiger partial charge >= 0.3 is 0 Å². The van der Waals surface area contributed by atoms with E-state index in [-0.39, 0.29) is 0 Å². The van der Waals surface area contributed by atoms with Crippen LogP contribution in [0.4, 0.5) is 0 Å². The Hall–Kier alpha value is -0.870. The summed E-state index contributed by atoms with van der Waals surface area (Å²) in [6.45, 7) is 7.38. The SMILES string of the molecule is CCc1cc(CN2CCC(CC)CC2CN)n(C)n1. The van der Waals surface area contributed by atoms with Crippen LogP contribution >= 0.6 is 0 Å². The van der Waals surface area contributed by atoms with Crippen LogP contribution in [0.15, 0.2) is 6.07 Å². The maximum atomic E-state index is 5.97. The Morgan fingerprint density at radius 2 is 2.21 bits per heavy atom. The highest BCUT2D eigenvalue weighted by molar-refractivity contribution is 5.10. The van der Waals surface area contributed by atoms with Crippen molar-refractivity contribution in [3.05, 3.63) is 17.5 Å². The topological polar surface area (TPSA) is 47.1 Å². The quantitative estimate of drug-likeness (QED) is 0.884. The number of nitrogens with zero attached hydrogens (tertiary/aromatic N) is 3. The molecule has 2 N–H and O–H groups in total. The summed E-state index contributed by atoms with van der Waals surface area (Å²) >= 11 is 0. The second-order valence-corrected chi connectivity index (χ2v) is 5.76. The van der Waals surface area contributed by atoms with Crippen molar-refractivity contribution in [2.45, 2.75) is 52.1 Å². The van der Waals surface area contributed by atoms with Crippen molar-refractivity contribution in [3.63, 3.8) is 0 Å². The number of aromatic nitrogens is 2. The van der Waals surface area contributed by atoms with E-state index in [1.54, 1.807) is 0 Å². The minimum absolute atomic E-state index is 0.540. The van der Waals surface area contributed by atoms with E-state index in [2.05, 4.69) is 29.9 Å². The number of aryl methyl sites for hydroxylation is 2. The molecule has 0 saturated carbocycles. The smallest absolute Gasteiger partial charge is 0.0625 e. The van der Waals surface area contributed by atoms with Crippen LogP contribution in [0.3, 0.4) is 0 Å². The number of rotatable bonds is 5. The molecule has 2 rings (SSSR count). The summed E-state index contributed by atoms with van der Waals surface area (Å²) in [5.74, 6) is 0.863. The molecule has 1 saturated heterocycles. The molecule has 4 heteroatoms. The Labute approximate surface area is 117 Å². The minimum Gasteiger partial charge on any atom is -0.329 e. The van der Waals surface area contributed by atoms with Crippen LogP contribution in [0.1, 0.15) is 44.5 Å². The van der Waals surface area contributed by atoms with Gasteiger partial charge in [0.15, 0.2) is 0 Å². The standard InChI is InChI=1S/C15H28N4/c1-4-12-6-7-19(14(8-12)10-16)11-15-9-13(5-2)17-18(15)3/h9,12,14H,4-8,10-11,16H2,1-3H3. The Kier molecular flexibility index (Phi) is 4.99. The fraction of sp³-hybridized carbons (Fsp3) is 0.800. The molecule has 0 spiro atoms. The summed E-state index contributed by atoms with van der Waals surface area (Å²) in [7, 11) is 2.05. The van der Waals surface area contributed by atoms with Crippen LogP contribution in [0.5, 0.6) is 0 Å². The molecule has 1 fully saturated rings. The minimum atomic E-state index is 0.540. The molecule has 2 atom stereocenters. The van der Waals surface area contributed by atoms with Crippen molar-refractivity contribution in [3.8, 4) is 0 Å². The van der Waals surface area contributed by atoms with E-state index in [1.165, 1.54) is 37.2 Å². The number of hydrogen-bond donors (Lipinski definition) is 1. The number of hydrogen-bond acceptors (Lipinski definition) is 3. The van der Waals surface area contributed by atoms with Gasteiger partial charge < -0.3 is 5.73 Å². The van der Waals surface area contributed by atoms with Crippen molar-refractivity contribution in [1.82, 2.24) is 14.7 Å². The molecule has 4 nitrogen and oxygen atoms in total. The molecule has 0 radical (unpaired) electrons. The second-order valence-electron chi connectivity index (χ2n) is 5.76. The summed E-state index contributed by atoms with van der Waals surface area (Å²) in [5, 5.41) is 4.54. The molecule has 0 aromatic carbocycles. The van der Waals surface area contributed by atoms with Gasteiger partial charge in [0.2, 0.25) is 0 Å². The van der Waals surface area contributed by atoms with Crippen molar-refractivity contribution in [1.29, 1.82) is 0 Å². The van der Waals surface area contributed by atoms with E-state index in [0.29, 0.717) is 6.04 Å². The Morgan fingerprint density at radius 3 is 2.79 bits per heavy atom. The normalized spacial score (nSPS) is 24.8. The maximum Gasteiger partial charge on any atom is 0.0625 e. The lowest BCUT2D eigenvalue weighted by Crippen LogP contribution is -2.46. The van der Waals surface area contributed by atoms with Gasteiger partial charge in [0.25, 0.3) is 0 Å². The Morgan fingerprint density at radius 1 is 1.42 bits per heavy atom. The van der Waals surface area contributed by atoms with E-state index in [9.17, 15) is 0 Å². The highest BCUT2D eigenvalue weighted by Gasteiger charge is 2.27. The molecule has 1 aliphatic rings. The van der Waals surface area contributed by atoms with Crippen LogP contribution in [0.2, 0.25) is 0 Å². The van der Waals surface area contributed by atoms with Gasteiger partial charge in [-0.05, 0) is 37.8 Å². The number of piperidine rings is 1. The van der Waals surface area contributed by atoms with Crippen LogP contribution in [-0.2, 0) is 20.0 Å². The molecule has 1 aromatic heterocycles. The van der Waals surface area contributed by atoms with E-state index in [0.717, 1.165) is 25.4 Å². The highest BCUT2D eigenvalue weighted by Crippen LogP contribution is 2.26. The lowest BCUT2D eigenvalue weighted by Gasteiger charge is -2.38. The average molecular weight is 264 g/mol. The molecule has 19 heavy (non-hydrogen) atoms. The summed E-state index contributed by atoms with van der Waals surface area (Å²) in [6, 6.07) is 2.78. The van der Waals surface area contributed by atoms with Crippen LogP contribution in [0, 0.1) is 5.92 Å². The van der Waals surface area contributed by atoms with Gasteiger partial charge in [-0.1, -0.05) is 20.3 Å².